The molecule has 2 aromatic carbocycles. The Hall–Kier alpha value is -4.28. The van der Waals surface area contributed by atoms with Crippen LogP contribution < -0.4 is 14.8 Å². The largest absolute Gasteiger partial charge is 0.573 e. The third-order valence-electron chi connectivity index (χ3n) is 5.31. The Morgan fingerprint density at radius 1 is 1.17 bits per heavy atom. The van der Waals surface area contributed by atoms with Gasteiger partial charge in [0.15, 0.2) is 6.10 Å². The molecule has 0 bridgehead atoms. The molecule has 188 valence electrons. The van der Waals surface area contributed by atoms with E-state index < -0.39 is 30.2 Å². The average Bonchev–Trinajstić information content (AvgIpc) is 3.35. The number of aromatic nitrogens is 1. The summed E-state index contributed by atoms with van der Waals surface area (Å²) in [6, 6.07) is 12.8. The van der Waals surface area contributed by atoms with Gasteiger partial charge in [0, 0.05) is 6.42 Å². The lowest BCUT2D eigenvalue weighted by Crippen LogP contribution is -2.23. The van der Waals surface area contributed by atoms with Gasteiger partial charge in [0.2, 0.25) is 5.89 Å². The SMILES string of the molecule is CC(=CCC1OC(=O)NC1=O)c1cccc(OCc2nc(-c3ccccc3OC(F)(F)F)oc2C)c1. The zero-order valence-electron chi connectivity index (χ0n) is 19.2. The number of imide groups is 1. The highest BCUT2D eigenvalue weighted by Crippen LogP contribution is 2.34. The van der Waals surface area contributed by atoms with Gasteiger partial charge < -0.3 is 18.6 Å². The summed E-state index contributed by atoms with van der Waals surface area (Å²) >= 11 is 0. The molecule has 0 saturated carbocycles. The van der Waals surface area contributed by atoms with Gasteiger partial charge in [0.1, 0.15) is 29.6 Å². The Morgan fingerprint density at radius 3 is 2.67 bits per heavy atom. The molecule has 1 saturated heterocycles. The molecular formula is C25H21F3N2O6. The normalized spacial score (nSPS) is 16.0. The van der Waals surface area contributed by atoms with E-state index in [1.807, 2.05) is 13.0 Å². The molecule has 1 N–H and O–H groups in total. The number of carbonyl (C=O) groups excluding carboxylic acids is 2. The first kappa shape index (κ1) is 24.8. The highest BCUT2D eigenvalue weighted by Gasteiger charge is 2.33. The van der Waals surface area contributed by atoms with Gasteiger partial charge in [0.25, 0.3) is 5.91 Å². The fraction of sp³-hybridized carbons (Fsp3) is 0.240. The number of hydrogen-bond donors (Lipinski definition) is 1. The number of alkyl carbamates (subject to hydrolysis) is 1. The van der Waals surface area contributed by atoms with Gasteiger partial charge in [-0.15, -0.1) is 13.2 Å². The van der Waals surface area contributed by atoms with Crippen LogP contribution in [0.5, 0.6) is 11.5 Å². The molecule has 1 aliphatic heterocycles. The summed E-state index contributed by atoms with van der Waals surface area (Å²) in [5, 5.41) is 2.08. The smallest absolute Gasteiger partial charge is 0.487 e. The van der Waals surface area contributed by atoms with Gasteiger partial charge in [-0.1, -0.05) is 30.3 Å². The van der Waals surface area contributed by atoms with E-state index in [0.29, 0.717) is 17.2 Å². The summed E-state index contributed by atoms with van der Waals surface area (Å²) in [4.78, 5) is 27.1. The quantitative estimate of drug-likeness (QED) is 0.431. The van der Waals surface area contributed by atoms with E-state index in [4.69, 9.17) is 13.9 Å². The van der Waals surface area contributed by atoms with Gasteiger partial charge in [0.05, 0.1) is 5.56 Å². The Bertz CT molecular complexity index is 1320. The number of carbonyl (C=O) groups is 2. The molecule has 2 heterocycles. The second kappa shape index (κ2) is 10.1. The highest BCUT2D eigenvalue weighted by atomic mass is 19.4. The molecule has 1 fully saturated rings. The van der Waals surface area contributed by atoms with Crippen molar-refractivity contribution in [3.63, 3.8) is 0 Å². The standard InChI is InChI=1S/C25H21F3N2O6/c1-14(10-11-21-22(31)30-24(32)35-21)16-6-5-7-17(12-16)33-13-19-15(2)34-23(29-19)18-8-3-4-9-20(18)36-25(26,27)28/h3-10,12,21H,11,13H2,1-2H3,(H,30,31,32). The number of amides is 2. The molecule has 4 rings (SSSR count). The van der Waals surface area contributed by atoms with Crippen molar-refractivity contribution in [2.24, 2.45) is 0 Å². The molecule has 1 unspecified atom stereocenters. The maximum Gasteiger partial charge on any atom is 0.573 e. The van der Waals surface area contributed by atoms with Gasteiger partial charge in [-0.05, 0) is 49.2 Å². The topological polar surface area (TPSA) is 99.9 Å². The number of ether oxygens (including phenoxy) is 3. The van der Waals surface area contributed by atoms with Crippen molar-refractivity contribution in [2.45, 2.75) is 39.3 Å². The summed E-state index contributed by atoms with van der Waals surface area (Å²) in [6.07, 6.45) is -4.45. The second-order valence-corrected chi connectivity index (χ2v) is 7.89. The zero-order chi connectivity index (χ0) is 25.9. The van der Waals surface area contributed by atoms with Gasteiger partial charge >= 0.3 is 12.5 Å². The van der Waals surface area contributed by atoms with E-state index in [2.05, 4.69) is 15.0 Å². The average molecular weight is 502 g/mol. The Morgan fingerprint density at radius 2 is 1.94 bits per heavy atom. The number of rotatable bonds is 8. The molecule has 1 aromatic heterocycles. The summed E-state index contributed by atoms with van der Waals surface area (Å²) in [6.45, 7) is 3.50. The van der Waals surface area contributed by atoms with Crippen LogP contribution in [-0.2, 0) is 16.1 Å². The van der Waals surface area contributed by atoms with Crippen LogP contribution >= 0.6 is 0 Å². The lowest BCUT2D eigenvalue weighted by molar-refractivity contribution is -0.274. The number of hydrogen-bond acceptors (Lipinski definition) is 7. The summed E-state index contributed by atoms with van der Waals surface area (Å²) in [7, 11) is 0. The Balaban J connectivity index is 1.44. The van der Waals surface area contributed by atoms with E-state index in [9.17, 15) is 22.8 Å². The molecular weight excluding hydrogens is 481 g/mol. The van der Waals surface area contributed by atoms with Crippen LogP contribution in [0.2, 0.25) is 0 Å². The van der Waals surface area contributed by atoms with Crippen molar-refractivity contribution in [2.75, 3.05) is 0 Å². The van der Waals surface area contributed by atoms with Crippen LogP contribution in [0.1, 0.15) is 30.4 Å². The van der Waals surface area contributed by atoms with Crippen molar-refractivity contribution in [3.05, 3.63) is 71.6 Å². The number of alkyl halides is 3. The monoisotopic (exact) mass is 502 g/mol. The molecule has 0 aliphatic carbocycles. The van der Waals surface area contributed by atoms with Crippen LogP contribution in [0.4, 0.5) is 18.0 Å². The predicted molar refractivity (Wildman–Crippen MR) is 121 cm³/mol. The van der Waals surface area contributed by atoms with Crippen LogP contribution in [0.25, 0.3) is 17.0 Å². The molecule has 0 radical (unpaired) electrons. The minimum Gasteiger partial charge on any atom is -0.487 e. The van der Waals surface area contributed by atoms with Crippen LogP contribution in [-0.4, -0.2) is 29.5 Å². The molecule has 1 atom stereocenters. The van der Waals surface area contributed by atoms with Gasteiger partial charge in [-0.25, -0.2) is 9.78 Å². The molecule has 11 heteroatoms. The van der Waals surface area contributed by atoms with Gasteiger partial charge in [-0.2, -0.15) is 0 Å². The Labute approximate surface area is 203 Å². The fourth-order valence-electron chi connectivity index (χ4n) is 3.47. The lowest BCUT2D eigenvalue weighted by Gasteiger charge is -2.11. The fourth-order valence-corrected chi connectivity index (χ4v) is 3.47. The number of cyclic esters (lactones) is 1. The minimum absolute atomic E-state index is 0.0159. The summed E-state index contributed by atoms with van der Waals surface area (Å²) in [5.74, 6) is 0.00297. The zero-order valence-corrected chi connectivity index (χ0v) is 19.2. The van der Waals surface area contributed by atoms with Crippen LogP contribution in [0.3, 0.4) is 0 Å². The molecule has 8 nitrogen and oxygen atoms in total. The van der Waals surface area contributed by atoms with Crippen molar-refractivity contribution in [1.29, 1.82) is 0 Å². The van der Waals surface area contributed by atoms with E-state index in [0.717, 1.165) is 11.1 Å². The van der Waals surface area contributed by atoms with E-state index in [1.165, 1.54) is 18.2 Å². The first-order valence-electron chi connectivity index (χ1n) is 10.8. The number of aryl methyl sites for hydroxylation is 1. The van der Waals surface area contributed by atoms with Crippen LogP contribution in [0, 0.1) is 6.92 Å². The molecule has 0 spiro atoms. The Kier molecular flexibility index (Phi) is 7.00. The number of nitrogens with zero attached hydrogens (tertiary/aromatic N) is 1. The third kappa shape index (κ3) is 6.04. The molecule has 36 heavy (non-hydrogen) atoms. The maximum absolute atomic E-state index is 12.7. The van der Waals surface area contributed by atoms with E-state index in [-0.39, 0.29) is 24.5 Å². The second-order valence-electron chi connectivity index (χ2n) is 7.89. The maximum atomic E-state index is 12.7. The first-order valence-corrected chi connectivity index (χ1v) is 10.8. The van der Waals surface area contributed by atoms with E-state index >= 15 is 0 Å². The molecule has 2 amide bonds. The highest BCUT2D eigenvalue weighted by molar-refractivity contribution is 6.00. The lowest BCUT2D eigenvalue weighted by atomic mass is 10.0. The number of allylic oxidation sites excluding steroid dienone is 1. The first-order chi connectivity index (χ1) is 17.1. The number of nitrogens with one attached hydrogen (secondary N) is 1. The predicted octanol–water partition coefficient (Wildman–Crippen LogP) is 5.56. The minimum atomic E-state index is -4.85. The van der Waals surface area contributed by atoms with Crippen molar-refractivity contribution in [3.8, 4) is 23.0 Å². The van der Waals surface area contributed by atoms with Gasteiger partial charge in [-0.3, -0.25) is 10.1 Å². The van der Waals surface area contributed by atoms with E-state index in [1.54, 1.807) is 37.3 Å². The third-order valence-corrected chi connectivity index (χ3v) is 5.31. The number of halogens is 3. The molecule has 1 aliphatic rings. The number of oxazole rings is 1. The summed E-state index contributed by atoms with van der Waals surface area (Å²) in [5.41, 5.74) is 2.15. The molecule has 3 aromatic rings. The van der Waals surface area contributed by atoms with Crippen molar-refractivity contribution in [1.82, 2.24) is 10.3 Å². The van der Waals surface area contributed by atoms with Crippen molar-refractivity contribution < 1.29 is 41.4 Å². The van der Waals surface area contributed by atoms with Crippen LogP contribution in [0.15, 0.2) is 59.0 Å². The van der Waals surface area contributed by atoms with Crippen molar-refractivity contribution >= 4 is 17.6 Å². The summed E-state index contributed by atoms with van der Waals surface area (Å²) < 4.78 is 58.6. The number of benzene rings is 2. The number of para-hydroxylation sites is 1.